The van der Waals surface area contributed by atoms with Crippen LogP contribution in [0.5, 0.6) is 5.75 Å². The summed E-state index contributed by atoms with van der Waals surface area (Å²) in [7, 11) is 1.60. The quantitative estimate of drug-likeness (QED) is 0.759. The van der Waals surface area contributed by atoms with Gasteiger partial charge in [0.2, 0.25) is 5.91 Å². The van der Waals surface area contributed by atoms with Crippen LogP contribution in [0, 0.1) is 0 Å². The van der Waals surface area contributed by atoms with Gasteiger partial charge >= 0.3 is 0 Å². The van der Waals surface area contributed by atoms with Gasteiger partial charge in [-0.2, -0.15) is 0 Å². The number of halogens is 1. The van der Waals surface area contributed by atoms with Crippen LogP contribution in [0.4, 0.5) is 0 Å². The third-order valence-electron chi connectivity index (χ3n) is 4.49. The standard InChI is InChI=1S/C21H21ClN2O3/c1-27-19-8-3-2-5-16(19)9-10-20(25)23-11-13-24(14-12-23)21(26)17-6-4-7-18(22)15-17/h2-10,15H,11-14H2,1H3/b10-9+. The van der Waals surface area contributed by atoms with E-state index in [1.54, 1.807) is 53.3 Å². The zero-order valence-electron chi connectivity index (χ0n) is 15.1. The van der Waals surface area contributed by atoms with E-state index >= 15 is 0 Å². The second-order valence-electron chi connectivity index (χ2n) is 6.20. The topological polar surface area (TPSA) is 49.9 Å². The summed E-state index contributed by atoms with van der Waals surface area (Å²) in [6.07, 6.45) is 3.30. The van der Waals surface area contributed by atoms with Gasteiger partial charge in [-0.3, -0.25) is 9.59 Å². The van der Waals surface area contributed by atoms with Gasteiger partial charge < -0.3 is 14.5 Å². The van der Waals surface area contributed by atoms with Crippen molar-refractivity contribution in [2.24, 2.45) is 0 Å². The van der Waals surface area contributed by atoms with E-state index < -0.39 is 0 Å². The highest BCUT2D eigenvalue weighted by atomic mass is 35.5. The second-order valence-corrected chi connectivity index (χ2v) is 6.64. The van der Waals surface area contributed by atoms with Gasteiger partial charge in [0.25, 0.3) is 5.91 Å². The lowest BCUT2D eigenvalue weighted by Gasteiger charge is -2.34. The predicted molar refractivity (Wildman–Crippen MR) is 106 cm³/mol. The van der Waals surface area contributed by atoms with E-state index in [9.17, 15) is 9.59 Å². The number of methoxy groups -OCH3 is 1. The molecule has 1 saturated heterocycles. The Labute approximate surface area is 163 Å². The summed E-state index contributed by atoms with van der Waals surface area (Å²) in [4.78, 5) is 28.5. The Balaban J connectivity index is 1.58. The molecular weight excluding hydrogens is 364 g/mol. The van der Waals surface area contributed by atoms with Crippen LogP contribution in [0.15, 0.2) is 54.6 Å². The number of hydrogen-bond donors (Lipinski definition) is 0. The van der Waals surface area contributed by atoms with E-state index in [1.807, 2.05) is 24.3 Å². The number of carbonyl (C=O) groups is 2. The lowest BCUT2D eigenvalue weighted by Crippen LogP contribution is -2.50. The third kappa shape index (κ3) is 4.68. The number of ether oxygens (including phenoxy) is 1. The largest absolute Gasteiger partial charge is 0.496 e. The van der Waals surface area contributed by atoms with E-state index in [1.165, 1.54) is 0 Å². The van der Waals surface area contributed by atoms with E-state index in [0.717, 1.165) is 11.3 Å². The van der Waals surface area contributed by atoms with Crippen LogP contribution in [-0.4, -0.2) is 54.9 Å². The van der Waals surface area contributed by atoms with E-state index in [4.69, 9.17) is 16.3 Å². The first kappa shape index (κ1) is 19.0. The number of benzene rings is 2. The van der Waals surface area contributed by atoms with Crippen LogP contribution < -0.4 is 4.74 Å². The van der Waals surface area contributed by atoms with Crippen molar-refractivity contribution in [3.05, 3.63) is 70.8 Å². The van der Waals surface area contributed by atoms with Crippen molar-refractivity contribution < 1.29 is 14.3 Å². The molecule has 0 N–H and O–H groups in total. The molecule has 5 nitrogen and oxygen atoms in total. The van der Waals surface area contributed by atoms with Crippen molar-refractivity contribution >= 4 is 29.5 Å². The summed E-state index contributed by atoms with van der Waals surface area (Å²) in [5, 5.41) is 0.538. The molecule has 0 bridgehead atoms. The molecule has 0 atom stereocenters. The minimum absolute atomic E-state index is 0.0610. The first-order valence-electron chi connectivity index (χ1n) is 8.73. The number of para-hydroxylation sites is 1. The maximum atomic E-state index is 12.5. The van der Waals surface area contributed by atoms with Crippen molar-refractivity contribution in [3.8, 4) is 5.75 Å². The minimum Gasteiger partial charge on any atom is -0.496 e. The molecule has 140 valence electrons. The summed E-state index contributed by atoms with van der Waals surface area (Å²) in [5.41, 5.74) is 1.42. The minimum atomic E-state index is -0.0734. The summed E-state index contributed by atoms with van der Waals surface area (Å²) < 4.78 is 5.28. The Bertz CT molecular complexity index is 858. The molecular formula is C21H21ClN2O3. The number of nitrogens with zero attached hydrogens (tertiary/aromatic N) is 2. The lowest BCUT2D eigenvalue weighted by molar-refractivity contribution is -0.127. The number of rotatable bonds is 4. The molecule has 6 heteroatoms. The Hall–Kier alpha value is -2.79. The van der Waals surface area contributed by atoms with Gasteiger partial charge in [0.1, 0.15) is 5.75 Å². The zero-order chi connectivity index (χ0) is 19.2. The number of carbonyl (C=O) groups excluding carboxylic acids is 2. The molecule has 1 aliphatic heterocycles. The average Bonchev–Trinajstić information content (AvgIpc) is 2.71. The number of hydrogen-bond acceptors (Lipinski definition) is 3. The molecule has 3 rings (SSSR count). The smallest absolute Gasteiger partial charge is 0.254 e. The molecule has 0 aliphatic carbocycles. The van der Waals surface area contributed by atoms with Crippen molar-refractivity contribution in [2.45, 2.75) is 0 Å². The van der Waals surface area contributed by atoms with E-state index in [2.05, 4.69) is 0 Å². The average molecular weight is 385 g/mol. The fourth-order valence-corrected chi connectivity index (χ4v) is 3.19. The first-order valence-corrected chi connectivity index (χ1v) is 9.11. The van der Waals surface area contributed by atoms with Crippen LogP contribution in [0.25, 0.3) is 6.08 Å². The highest BCUT2D eigenvalue weighted by Crippen LogP contribution is 2.19. The molecule has 0 unspecified atom stereocenters. The first-order chi connectivity index (χ1) is 13.1. The third-order valence-corrected chi connectivity index (χ3v) is 4.73. The Morgan fingerprint density at radius 3 is 2.41 bits per heavy atom. The fourth-order valence-electron chi connectivity index (χ4n) is 3.00. The van der Waals surface area contributed by atoms with E-state index in [-0.39, 0.29) is 11.8 Å². The molecule has 1 fully saturated rings. The van der Waals surface area contributed by atoms with Gasteiger partial charge in [0.05, 0.1) is 7.11 Å². The van der Waals surface area contributed by atoms with Crippen LogP contribution >= 0.6 is 11.6 Å². The Morgan fingerprint density at radius 1 is 1.00 bits per heavy atom. The Kier molecular flexibility index (Phi) is 6.14. The van der Waals surface area contributed by atoms with Crippen LogP contribution in [0.1, 0.15) is 15.9 Å². The summed E-state index contributed by atoms with van der Waals surface area (Å²) in [6.45, 7) is 2.00. The lowest BCUT2D eigenvalue weighted by atomic mass is 10.1. The molecule has 1 heterocycles. The molecule has 2 aromatic carbocycles. The highest BCUT2D eigenvalue weighted by molar-refractivity contribution is 6.30. The predicted octanol–water partition coefficient (Wildman–Crippen LogP) is 3.35. The van der Waals surface area contributed by atoms with Crippen LogP contribution in [-0.2, 0) is 4.79 Å². The van der Waals surface area contributed by atoms with Crippen molar-refractivity contribution in [1.82, 2.24) is 9.80 Å². The normalized spacial score (nSPS) is 14.4. The molecule has 0 radical (unpaired) electrons. The van der Waals surface area contributed by atoms with Crippen molar-refractivity contribution in [1.29, 1.82) is 0 Å². The monoisotopic (exact) mass is 384 g/mol. The number of amides is 2. The molecule has 0 aromatic heterocycles. The maximum Gasteiger partial charge on any atom is 0.254 e. The summed E-state index contributed by atoms with van der Waals surface area (Å²) in [6, 6.07) is 14.4. The summed E-state index contributed by atoms with van der Waals surface area (Å²) in [5.74, 6) is 0.586. The van der Waals surface area contributed by atoms with Gasteiger partial charge in [-0.25, -0.2) is 0 Å². The van der Waals surface area contributed by atoms with Gasteiger partial charge in [0, 0.05) is 48.4 Å². The van der Waals surface area contributed by atoms with Crippen molar-refractivity contribution in [3.63, 3.8) is 0 Å². The molecule has 2 aromatic rings. The van der Waals surface area contributed by atoms with Crippen molar-refractivity contribution in [2.75, 3.05) is 33.3 Å². The maximum absolute atomic E-state index is 12.5. The molecule has 1 aliphatic rings. The number of piperazine rings is 1. The van der Waals surface area contributed by atoms with Gasteiger partial charge in [-0.05, 0) is 30.3 Å². The van der Waals surface area contributed by atoms with E-state index in [0.29, 0.717) is 36.8 Å². The highest BCUT2D eigenvalue weighted by Gasteiger charge is 2.24. The van der Waals surface area contributed by atoms with Crippen LogP contribution in [0.3, 0.4) is 0 Å². The zero-order valence-corrected chi connectivity index (χ0v) is 15.9. The molecule has 0 spiro atoms. The summed E-state index contributed by atoms with van der Waals surface area (Å²) >= 11 is 5.96. The Morgan fingerprint density at radius 2 is 1.70 bits per heavy atom. The van der Waals surface area contributed by atoms with Gasteiger partial charge in [-0.1, -0.05) is 35.9 Å². The second kappa shape index (κ2) is 8.73. The molecule has 0 saturated carbocycles. The van der Waals surface area contributed by atoms with Gasteiger partial charge in [0.15, 0.2) is 0 Å². The van der Waals surface area contributed by atoms with Crippen LogP contribution in [0.2, 0.25) is 5.02 Å². The van der Waals surface area contributed by atoms with Gasteiger partial charge in [-0.15, -0.1) is 0 Å². The fraction of sp³-hybridized carbons (Fsp3) is 0.238. The molecule has 2 amide bonds. The SMILES string of the molecule is COc1ccccc1/C=C/C(=O)N1CCN(C(=O)c2cccc(Cl)c2)CC1. The molecule has 27 heavy (non-hydrogen) atoms.